The number of aryl methyl sites for hydroxylation is 1. The van der Waals surface area contributed by atoms with Gasteiger partial charge in [0.15, 0.2) is 5.82 Å². The predicted molar refractivity (Wildman–Crippen MR) is 44.2 cm³/mol. The van der Waals surface area contributed by atoms with E-state index in [2.05, 4.69) is 15.2 Å². The number of aromatic amines is 1. The van der Waals surface area contributed by atoms with E-state index in [4.69, 9.17) is 5.11 Å². The number of nitrogens with one attached hydrogen (secondary N) is 1. The maximum absolute atomic E-state index is 10.9. The minimum atomic E-state index is -0.818. The molecule has 2 N–H and O–H groups in total. The van der Waals surface area contributed by atoms with E-state index in [1.807, 2.05) is 0 Å². The van der Waals surface area contributed by atoms with Crippen LogP contribution >= 0.6 is 0 Å². The predicted octanol–water partition coefficient (Wildman–Crippen LogP) is 0.691. The summed E-state index contributed by atoms with van der Waals surface area (Å²) in [6.07, 6.45) is 1.95. The van der Waals surface area contributed by atoms with Crippen LogP contribution in [0.15, 0.2) is 0 Å². The number of hydrogen-bond acceptors (Lipinski definition) is 3. The molecule has 1 aliphatic carbocycles. The lowest BCUT2D eigenvalue weighted by Gasteiger charge is -2.04. The largest absolute Gasteiger partial charge is 0.481 e. The molecule has 70 valence electrons. The maximum atomic E-state index is 10.9. The van der Waals surface area contributed by atoms with Crippen LogP contribution in [0.1, 0.15) is 30.4 Å². The first-order chi connectivity index (χ1) is 6.18. The van der Waals surface area contributed by atoms with Crippen molar-refractivity contribution in [2.45, 2.75) is 25.7 Å². The summed E-state index contributed by atoms with van der Waals surface area (Å²) in [5.41, 5.74) is 0. The van der Waals surface area contributed by atoms with Gasteiger partial charge < -0.3 is 5.11 Å². The van der Waals surface area contributed by atoms with Crippen molar-refractivity contribution in [3.8, 4) is 0 Å². The molecular weight excluding hydrogens is 170 g/mol. The quantitative estimate of drug-likeness (QED) is 0.719. The number of carboxylic acid groups (broad SMARTS) is 1. The fraction of sp³-hybridized carbons (Fsp3) is 0.625. The molecular formula is C8H11N3O2. The zero-order valence-corrected chi connectivity index (χ0v) is 7.32. The van der Waals surface area contributed by atoms with Crippen molar-refractivity contribution in [1.29, 1.82) is 0 Å². The summed E-state index contributed by atoms with van der Waals surface area (Å²) in [7, 11) is 0. The highest BCUT2D eigenvalue weighted by Gasteiger charge is 2.39. The molecule has 1 fully saturated rings. The van der Waals surface area contributed by atoms with E-state index in [-0.39, 0.29) is 5.92 Å². The van der Waals surface area contributed by atoms with Crippen molar-refractivity contribution < 1.29 is 9.90 Å². The minimum Gasteiger partial charge on any atom is -0.481 e. The Bertz CT molecular complexity index is 330. The molecule has 1 aliphatic rings. The van der Waals surface area contributed by atoms with Crippen LogP contribution in [-0.2, 0) is 4.79 Å². The Morgan fingerprint density at radius 1 is 1.69 bits per heavy atom. The Balaban J connectivity index is 2.24. The maximum Gasteiger partial charge on any atom is 0.314 e. The monoisotopic (exact) mass is 181 g/mol. The molecule has 13 heavy (non-hydrogen) atoms. The third-order valence-corrected chi connectivity index (χ3v) is 2.25. The second-order valence-corrected chi connectivity index (χ2v) is 3.43. The van der Waals surface area contributed by atoms with Gasteiger partial charge in [0, 0.05) is 0 Å². The number of carboxylic acids is 1. The first kappa shape index (κ1) is 8.22. The van der Waals surface area contributed by atoms with Crippen LogP contribution < -0.4 is 0 Å². The molecule has 0 spiro atoms. The molecule has 5 nitrogen and oxygen atoms in total. The molecule has 0 radical (unpaired) electrons. The van der Waals surface area contributed by atoms with Gasteiger partial charge in [-0.3, -0.25) is 9.89 Å². The zero-order chi connectivity index (χ0) is 9.42. The van der Waals surface area contributed by atoms with Crippen LogP contribution in [0.3, 0.4) is 0 Å². The van der Waals surface area contributed by atoms with Gasteiger partial charge in [0.05, 0.1) is 0 Å². The Hall–Kier alpha value is -1.39. The van der Waals surface area contributed by atoms with Gasteiger partial charge in [-0.2, -0.15) is 5.10 Å². The molecule has 0 bridgehead atoms. The highest BCUT2D eigenvalue weighted by atomic mass is 16.4. The zero-order valence-electron chi connectivity index (χ0n) is 7.32. The first-order valence-electron chi connectivity index (χ1n) is 4.30. The molecule has 0 saturated heterocycles. The normalized spacial score (nSPS) is 18.5. The summed E-state index contributed by atoms with van der Waals surface area (Å²) in [5, 5.41) is 15.5. The SMILES string of the molecule is Cc1nc(C(C(=O)O)C2CC2)n[nH]1. The van der Waals surface area contributed by atoms with E-state index in [1.54, 1.807) is 6.92 Å². The third-order valence-electron chi connectivity index (χ3n) is 2.25. The van der Waals surface area contributed by atoms with E-state index in [0.717, 1.165) is 12.8 Å². The average Bonchev–Trinajstić information content (AvgIpc) is 2.76. The molecule has 1 unspecified atom stereocenters. The number of rotatable bonds is 3. The Morgan fingerprint density at radius 3 is 2.77 bits per heavy atom. The van der Waals surface area contributed by atoms with Crippen LogP contribution in [0.25, 0.3) is 0 Å². The molecule has 1 heterocycles. The molecule has 5 heteroatoms. The van der Waals surface area contributed by atoms with Crippen LogP contribution in [0.4, 0.5) is 0 Å². The molecule has 0 aliphatic heterocycles. The van der Waals surface area contributed by atoms with Crippen molar-refractivity contribution in [2.24, 2.45) is 5.92 Å². The fourth-order valence-corrected chi connectivity index (χ4v) is 1.45. The van der Waals surface area contributed by atoms with Gasteiger partial charge in [0.1, 0.15) is 11.7 Å². The molecule has 0 amide bonds. The van der Waals surface area contributed by atoms with Crippen LogP contribution in [0, 0.1) is 12.8 Å². The highest BCUT2D eigenvalue weighted by Crippen LogP contribution is 2.41. The Labute approximate surface area is 75.2 Å². The van der Waals surface area contributed by atoms with Crippen molar-refractivity contribution in [2.75, 3.05) is 0 Å². The molecule has 1 atom stereocenters. The molecule has 1 aromatic heterocycles. The highest BCUT2D eigenvalue weighted by molar-refractivity contribution is 5.75. The number of aliphatic carboxylic acids is 1. The van der Waals surface area contributed by atoms with Gasteiger partial charge in [-0.1, -0.05) is 0 Å². The molecule has 1 aromatic rings. The Morgan fingerprint density at radius 2 is 2.38 bits per heavy atom. The van der Waals surface area contributed by atoms with Gasteiger partial charge in [-0.25, -0.2) is 4.98 Å². The molecule has 2 rings (SSSR count). The summed E-state index contributed by atoms with van der Waals surface area (Å²) in [4.78, 5) is 14.9. The van der Waals surface area contributed by atoms with E-state index < -0.39 is 11.9 Å². The van der Waals surface area contributed by atoms with Gasteiger partial charge in [-0.15, -0.1) is 0 Å². The van der Waals surface area contributed by atoms with E-state index in [1.165, 1.54) is 0 Å². The second kappa shape index (κ2) is 2.83. The summed E-state index contributed by atoms with van der Waals surface area (Å²) in [6.45, 7) is 1.77. The average molecular weight is 181 g/mol. The van der Waals surface area contributed by atoms with Gasteiger partial charge in [0.2, 0.25) is 0 Å². The van der Waals surface area contributed by atoms with Crippen molar-refractivity contribution in [3.05, 3.63) is 11.6 Å². The number of H-pyrrole nitrogens is 1. The molecule has 0 aromatic carbocycles. The van der Waals surface area contributed by atoms with Crippen molar-refractivity contribution in [1.82, 2.24) is 15.2 Å². The van der Waals surface area contributed by atoms with Gasteiger partial charge in [0.25, 0.3) is 0 Å². The smallest absolute Gasteiger partial charge is 0.314 e. The summed E-state index contributed by atoms with van der Waals surface area (Å²) in [5.74, 6) is 0.00792. The van der Waals surface area contributed by atoms with Crippen LogP contribution in [0.5, 0.6) is 0 Å². The summed E-state index contributed by atoms with van der Waals surface area (Å²) in [6, 6.07) is 0. The number of aromatic nitrogens is 3. The Kier molecular flexibility index (Phi) is 1.79. The summed E-state index contributed by atoms with van der Waals surface area (Å²) >= 11 is 0. The molecule has 1 saturated carbocycles. The van der Waals surface area contributed by atoms with E-state index in [0.29, 0.717) is 11.6 Å². The van der Waals surface area contributed by atoms with Crippen LogP contribution in [0.2, 0.25) is 0 Å². The summed E-state index contributed by atoms with van der Waals surface area (Å²) < 4.78 is 0. The van der Waals surface area contributed by atoms with E-state index in [9.17, 15) is 4.79 Å². The number of carbonyl (C=O) groups is 1. The van der Waals surface area contributed by atoms with E-state index >= 15 is 0 Å². The fourth-order valence-electron chi connectivity index (χ4n) is 1.45. The van der Waals surface area contributed by atoms with Crippen molar-refractivity contribution >= 4 is 5.97 Å². The topological polar surface area (TPSA) is 78.9 Å². The second-order valence-electron chi connectivity index (χ2n) is 3.43. The van der Waals surface area contributed by atoms with Gasteiger partial charge in [-0.05, 0) is 25.7 Å². The third kappa shape index (κ3) is 1.54. The minimum absolute atomic E-state index is 0.243. The van der Waals surface area contributed by atoms with Crippen molar-refractivity contribution in [3.63, 3.8) is 0 Å². The lowest BCUT2D eigenvalue weighted by atomic mass is 10.0. The lowest BCUT2D eigenvalue weighted by molar-refractivity contribution is -0.139. The van der Waals surface area contributed by atoms with Crippen LogP contribution in [-0.4, -0.2) is 26.3 Å². The standard InChI is InChI=1S/C8H11N3O2/c1-4-9-7(11-10-4)6(8(12)13)5-2-3-5/h5-6H,2-3H2,1H3,(H,12,13)(H,9,10,11). The lowest BCUT2D eigenvalue weighted by Crippen LogP contribution is -2.15. The number of nitrogens with zero attached hydrogens (tertiary/aromatic N) is 2. The number of hydrogen-bond donors (Lipinski definition) is 2. The first-order valence-corrected chi connectivity index (χ1v) is 4.30. The van der Waals surface area contributed by atoms with Gasteiger partial charge >= 0.3 is 5.97 Å².